The predicted molar refractivity (Wildman–Crippen MR) is 288 cm³/mol. The molecule has 1 unspecified atom stereocenters. The van der Waals surface area contributed by atoms with Gasteiger partial charge in [0.1, 0.15) is 13.2 Å². The third kappa shape index (κ3) is 53.9. The molecular formula is C61H108O6. The number of ether oxygens (including phenoxy) is 3. The number of allylic oxidation sites excluding steroid dienone is 10. The monoisotopic (exact) mass is 937 g/mol. The minimum atomic E-state index is -0.771. The van der Waals surface area contributed by atoms with Crippen molar-refractivity contribution in [2.45, 2.75) is 297 Å². The molecule has 0 aliphatic heterocycles. The zero-order chi connectivity index (χ0) is 48.6. The van der Waals surface area contributed by atoms with Gasteiger partial charge in [-0.3, -0.25) is 14.4 Å². The van der Waals surface area contributed by atoms with Crippen LogP contribution in [0.15, 0.2) is 60.8 Å². The van der Waals surface area contributed by atoms with Crippen LogP contribution in [0.4, 0.5) is 0 Å². The Morgan fingerprint density at radius 2 is 0.582 bits per heavy atom. The fraction of sp³-hybridized carbons (Fsp3) is 0.787. The Morgan fingerprint density at radius 3 is 0.925 bits per heavy atom. The van der Waals surface area contributed by atoms with Crippen molar-refractivity contribution in [3.63, 3.8) is 0 Å². The molecule has 6 nitrogen and oxygen atoms in total. The number of rotatable bonds is 52. The molecule has 0 aromatic heterocycles. The van der Waals surface area contributed by atoms with E-state index < -0.39 is 6.10 Å². The van der Waals surface area contributed by atoms with E-state index in [9.17, 15) is 14.4 Å². The number of carbonyl (C=O) groups excluding carboxylic acids is 3. The van der Waals surface area contributed by atoms with Crippen molar-refractivity contribution in [3.05, 3.63) is 60.8 Å². The SMILES string of the molecule is CC/C=C\C/C=C\C/C=C\C/C=C\CCCCCCCCCCCCCCC(=O)OCC(COC(=O)CCCCCCC)OC(=O)CCCCCCCCCCC/C=C\CCCCCCCC. The van der Waals surface area contributed by atoms with Gasteiger partial charge in [0.15, 0.2) is 6.10 Å². The summed E-state index contributed by atoms with van der Waals surface area (Å²) in [7, 11) is 0. The van der Waals surface area contributed by atoms with Gasteiger partial charge >= 0.3 is 17.9 Å². The zero-order valence-corrected chi connectivity index (χ0v) is 44.4. The molecule has 0 rings (SSSR count). The Labute approximate surface area is 415 Å². The molecule has 388 valence electrons. The van der Waals surface area contributed by atoms with Crippen LogP contribution in [0.3, 0.4) is 0 Å². The third-order valence-electron chi connectivity index (χ3n) is 12.5. The Hall–Kier alpha value is -2.89. The van der Waals surface area contributed by atoms with Crippen LogP contribution in [0.5, 0.6) is 0 Å². The van der Waals surface area contributed by atoms with E-state index in [2.05, 4.69) is 81.5 Å². The summed E-state index contributed by atoms with van der Waals surface area (Å²) in [5.41, 5.74) is 0. The first-order valence-corrected chi connectivity index (χ1v) is 28.8. The lowest BCUT2D eigenvalue weighted by Gasteiger charge is -2.18. The van der Waals surface area contributed by atoms with Gasteiger partial charge in [0.2, 0.25) is 0 Å². The fourth-order valence-corrected chi connectivity index (χ4v) is 8.19. The summed E-state index contributed by atoms with van der Waals surface area (Å²) in [5, 5.41) is 0. The number of hydrogen-bond acceptors (Lipinski definition) is 6. The van der Waals surface area contributed by atoms with Crippen molar-refractivity contribution < 1.29 is 28.6 Å². The van der Waals surface area contributed by atoms with Gasteiger partial charge in [-0.05, 0) is 83.5 Å². The maximum absolute atomic E-state index is 12.8. The lowest BCUT2D eigenvalue weighted by Crippen LogP contribution is -2.30. The van der Waals surface area contributed by atoms with Gasteiger partial charge < -0.3 is 14.2 Å². The summed E-state index contributed by atoms with van der Waals surface area (Å²) in [6.07, 6.45) is 69.7. The second-order valence-electron chi connectivity index (χ2n) is 19.2. The van der Waals surface area contributed by atoms with E-state index in [1.807, 2.05) is 0 Å². The summed E-state index contributed by atoms with van der Waals surface area (Å²) in [6, 6.07) is 0. The van der Waals surface area contributed by atoms with E-state index in [0.29, 0.717) is 19.3 Å². The lowest BCUT2D eigenvalue weighted by atomic mass is 10.0. The lowest BCUT2D eigenvalue weighted by molar-refractivity contribution is -0.167. The zero-order valence-electron chi connectivity index (χ0n) is 44.4. The number of unbranched alkanes of at least 4 members (excludes halogenated alkanes) is 31. The van der Waals surface area contributed by atoms with Gasteiger partial charge in [-0.1, -0.05) is 248 Å². The van der Waals surface area contributed by atoms with Crippen LogP contribution in [-0.2, 0) is 28.6 Å². The topological polar surface area (TPSA) is 78.9 Å². The molecule has 0 N–H and O–H groups in total. The van der Waals surface area contributed by atoms with Crippen LogP contribution in [0.2, 0.25) is 0 Å². The minimum Gasteiger partial charge on any atom is -0.462 e. The molecule has 0 aliphatic carbocycles. The van der Waals surface area contributed by atoms with Gasteiger partial charge in [0.05, 0.1) is 0 Å². The average molecular weight is 938 g/mol. The second-order valence-corrected chi connectivity index (χ2v) is 19.2. The molecule has 67 heavy (non-hydrogen) atoms. The van der Waals surface area contributed by atoms with Gasteiger partial charge in [0, 0.05) is 19.3 Å². The van der Waals surface area contributed by atoms with E-state index in [1.165, 1.54) is 161 Å². The molecule has 0 saturated heterocycles. The first kappa shape index (κ1) is 64.1. The summed E-state index contributed by atoms with van der Waals surface area (Å²) in [6.45, 7) is 6.46. The number of carbonyl (C=O) groups is 3. The Balaban J connectivity index is 4.07. The molecule has 0 aliphatic rings. The molecule has 0 aromatic carbocycles. The molecule has 0 amide bonds. The standard InChI is InChI=1S/C61H108O6/c1-4-7-10-13-15-17-19-21-23-25-27-28-29-30-31-32-34-35-37-39-41-43-45-48-51-54-60(63)66-57-58(56-65-59(62)53-50-47-12-9-6-3)67-61(64)55-52-49-46-44-42-40-38-36-33-26-24-22-20-18-16-14-11-8-5-2/h7,10,15,17,21-24,27-28,58H,4-6,8-9,11-14,16,18-20,25-26,29-57H2,1-3H3/b10-7-,17-15-,23-21-,24-22-,28-27-. The summed E-state index contributed by atoms with van der Waals surface area (Å²) >= 11 is 0. The van der Waals surface area contributed by atoms with E-state index >= 15 is 0 Å². The molecule has 1 atom stereocenters. The number of hydrogen-bond donors (Lipinski definition) is 0. The van der Waals surface area contributed by atoms with Crippen molar-refractivity contribution >= 4 is 17.9 Å². The van der Waals surface area contributed by atoms with Gasteiger partial charge in [-0.15, -0.1) is 0 Å². The van der Waals surface area contributed by atoms with Crippen LogP contribution in [0, 0.1) is 0 Å². The van der Waals surface area contributed by atoms with Crippen LogP contribution in [0.1, 0.15) is 290 Å². The van der Waals surface area contributed by atoms with E-state index in [-0.39, 0.29) is 31.1 Å². The highest BCUT2D eigenvalue weighted by Crippen LogP contribution is 2.16. The second kappa shape index (κ2) is 55.7. The number of esters is 3. The van der Waals surface area contributed by atoms with Crippen LogP contribution < -0.4 is 0 Å². The van der Waals surface area contributed by atoms with Crippen molar-refractivity contribution in [1.29, 1.82) is 0 Å². The van der Waals surface area contributed by atoms with Crippen molar-refractivity contribution in [2.75, 3.05) is 13.2 Å². The quantitative estimate of drug-likeness (QED) is 0.0262. The Bertz CT molecular complexity index is 1210. The van der Waals surface area contributed by atoms with Crippen molar-refractivity contribution in [1.82, 2.24) is 0 Å². The molecule has 0 heterocycles. The molecule has 0 radical (unpaired) electrons. The van der Waals surface area contributed by atoms with Gasteiger partial charge in [-0.25, -0.2) is 0 Å². The maximum Gasteiger partial charge on any atom is 0.306 e. The first-order valence-electron chi connectivity index (χ1n) is 28.8. The largest absolute Gasteiger partial charge is 0.462 e. The minimum absolute atomic E-state index is 0.0743. The fourth-order valence-electron chi connectivity index (χ4n) is 8.19. The van der Waals surface area contributed by atoms with E-state index in [0.717, 1.165) is 89.9 Å². The highest BCUT2D eigenvalue weighted by molar-refractivity contribution is 5.71. The molecule has 6 heteroatoms. The maximum atomic E-state index is 12.8. The predicted octanol–water partition coefficient (Wildman–Crippen LogP) is 19.2. The summed E-state index contributed by atoms with van der Waals surface area (Å²) in [5.74, 6) is -0.882. The highest BCUT2D eigenvalue weighted by atomic mass is 16.6. The summed E-state index contributed by atoms with van der Waals surface area (Å²) in [4.78, 5) is 37.8. The average Bonchev–Trinajstić information content (AvgIpc) is 3.33. The van der Waals surface area contributed by atoms with Gasteiger partial charge in [0.25, 0.3) is 0 Å². The normalized spacial score (nSPS) is 12.5. The van der Waals surface area contributed by atoms with Gasteiger partial charge in [-0.2, -0.15) is 0 Å². The molecule has 0 spiro atoms. The summed E-state index contributed by atoms with van der Waals surface area (Å²) < 4.78 is 16.7. The Kier molecular flexibility index (Phi) is 53.3. The van der Waals surface area contributed by atoms with Crippen LogP contribution in [0.25, 0.3) is 0 Å². The third-order valence-corrected chi connectivity index (χ3v) is 12.5. The molecule has 0 bridgehead atoms. The van der Waals surface area contributed by atoms with Crippen LogP contribution in [-0.4, -0.2) is 37.2 Å². The molecule has 0 saturated carbocycles. The van der Waals surface area contributed by atoms with Crippen LogP contribution >= 0.6 is 0 Å². The van der Waals surface area contributed by atoms with E-state index in [4.69, 9.17) is 14.2 Å². The highest BCUT2D eigenvalue weighted by Gasteiger charge is 2.19. The smallest absolute Gasteiger partial charge is 0.306 e. The molecular weight excluding hydrogens is 829 g/mol. The van der Waals surface area contributed by atoms with Crippen molar-refractivity contribution in [2.24, 2.45) is 0 Å². The molecule has 0 aromatic rings. The van der Waals surface area contributed by atoms with E-state index in [1.54, 1.807) is 0 Å². The molecule has 0 fully saturated rings. The van der Waals surface area contributed by atoms with Crippen molar-refractivity contribution in [3.8, 4) is 0 Å². The first-order chi connectivity index (χ1) is 33.0. The Morgan fingerprint density at radius 1 is 0.313 bits per heavy atom.